The maximum Gasteiger partial charge on any atom is 0.130 e. The van der Waals surface area contributed by atoms with E-state index in [1.807, 2.05) is 13.0 Å². The summed E-state index contributed by atoms with van der Waals surface area (Å²) in [5.41, 5.74) is 6.65. The Morgan fingerprint density at radius 3 is 2.86 bits per heavy atom. The van der Waals surface area contributed by atoms with E-state index in [-0.39, 0.29) is 0 Å². The Balaban J connectivity index is 1.88. The van der Waals surface area contributed by atoms with Crippen molar-refractivity contribution in [2.75, 3.05) is 0 Å². The third kappa shape index (κ3) is 1.99. The second-order valence-electron chi connectivity index (χ2n) is 3.89. The molecular weight excluding hydrogens is 178 g/mol. The minimum atomic E-state index is 0.460. The molecule has 0 radical (unpaired) electrons. The Bertz CT molecular complexity index is 302. The van der Waals surface area contributed by atoms with Crippen LogP contribution < -0.4 is 5.73 Å². The zero-order valence-electron chi connectivity index (χ0n) is 8.58. The van der Waals surface area contributed by atoms with Crippen LogP contribution in [0, 0.1) is 6.92 Å². The van der Waals surface area contributed by atoms with Crippen LogP contribution in [0.4, 0.5) is 0 Å². The second kappa shape index (κ2) is 4.15. The molecule has 3 nitrogen and oxygen atoms in total. The van der Waals surface area contributed by atoms with Crippen LogP contribution in [0.5, 0.6) is 0 Å². The van der Waals surface area contributed by atoms with Gasteiger partial charge in [-0.15, -0.1) is 0 Å². The lowest BCUT2D eigenvalue weighted by Crippen LogP contribution is -2.20. The van der Waals surface area contributed by atoms with Gasteiger partial charge in [0.1, 0.15) is 18.1 Å². The van der Waals surface area contributed by atoms with Crippen LogP contribution in [-0.2, 0) is 17.9 Å². The smallest absolute Gasteiger partial charge is 0.130 e. The number of furan rings is 1. The van der Waals surface area contributed by atoms with Crippen LogP contribution in [-0.4, -0.2) is 6.10 Å². The summed E-state index contributed by atoms with van der Waals surface area (Å²) in [4.78, 5) is 0. The van der Waals surface area contributed by atoms with Crippen LogP contribution in [0.1, 0.15) is 36.3 Å². The van der Waals surface area contributed by atoms with Crippen LogP contribution in [0.2, 0.25) is 0 Å². The quantitative estimate of drug-likeness (QED) is 0.800. The van der Waals surface area contributed by atoms with Crippen molar-refractivity contribution in [2.45, 2.75) is 45.4 Å². The predicted molar refractivity (Wildman–Crippen MR) is 53.8 cm³/mol. The summed E-state index contributed by atoms with van der Waals surface area (Å²) in [6.07, 6.45) is 4.16. The highest BCUT2D eigenvalue weighted by Gasteiger charge is 2.18. The van der Waals surface area contributed by atoms with E-state index >= 15 is 0 Å². The molecule has 0 bridgehead atoms. The Hall–Kier alpha value is -0.800. The lowest BCUT2D eigenvalue weighted by Gasteiger charge is -2.24. The average Bonchev–Trinajstić information content (AvgIpc) is 2.44. The lowest BCUT2D eigenvalue weighted by molar-refractivity contribution is -0.0160. The fraction of sp³-hybridized carbons (Fsp3) is 0.636. The van der Waals surface area contributed by atoms with Gasteiger partial charge in [-0.1, -0.05) is 0 Å². The normalized spacial score (nSPS) is 17.0. The van der Waals surface area contributed by atoms with Gasteiger partial charge in [-0.25, -0.2) is 0 Å². The molecular formula is C11H17NO2. The Morgan fingerprint density at radius 2 is 2.36 bits per heavy atom. The van der Waals surface area contributed by atoms with Crippen molar-refractivity contribution in [1.82, 2.24) is 0 Å². The first-order chi connectivity index (χ1) is 6.79. The molecule has 1 fully saturated rings. The van der Waals surface area contributed by atoms with Crippen LogP contribution >= 0.6 is 0 Å². The zero-order chi connectivity index (χ0) is 9.97. The molecule has 2 N–H and O–H groups in total. The third-order valence-electron chi connectivity index (χ3n) is 2.77. The van der Waals surface area contributed by atoms with Crippen molar-refractivity contribution in [3.8, 4) is 0 Å². The lowest BCUT2D eigenvalue weighted by atomic mass is 9.96. The molecule has 0 spiro atoms. The molecule has 0 amide bonds. The maximum absolute atomic E-state index is 5.64. The van der Waals surface area contributed by atoms with Crippen molar-refractivity contribution >= 4 is 0 Å². The molecule has 0 unspecified atom stereocenters. The largest absolute Gasteiger partial charge is 0.462 e. The standard InChI is InChI=1S/C11H17NO2/c1-8-5-10(14-11(8)6-12)7-13-9-3-2-4-9/h5,9H,2-4,6-7,12H2,1H3. The van der Waals surface area contributed by atoms with E-state index in [0.717, 1.165) is 17.1 Å². The van der Waals surface area contributed by atoms with E-state index in [1.54, 1.807) is 0 Å². The molecule has 1 aliphatic rings. The Morgan fingerprint density at radius 1 is 1.57 bits per heavy atom. The number of rotatable bonds is 4. The fourth-order valence-electron chi connectivity index (χ4n) is 1.60. The highest BCUT2D eigenvalue weighted by molar-refractivity contribution is 5.19. The number of aryl methyl sites for hydroxylation is 1. The summed E-state index contributed by atoms with van der Waals surface area (Å²) in [6.45, 7) is 3.07. The van der Waals surface area contributed by atoms with Gasteiger partial charge in [0.15, 0.2) is 0 Å². The topological polar surface area (TPSA) is 48.4 Å². The molecule has 1 aromatic heterocycles. The summed E-state index contributed by atoms with van der Waals surface area (Å²) in [5.74, 6) is 1.77. The van der Waals surface area contributed by atoms with Crippen molar-refractivity contribution in [2.24, 2.45) is 5.73 Å². The predicted octanol–water partition coefficient (Wildman–Crippen LogP) is 2.12. The van der Waals surface area contributed by atoms with Crippen molar-refractivity contribution in [3.05, 3.63) is 23.2 Å². The van der Waals surface area contributed by atoms with Gasteiger partial charge < -0.3 is 14.9 Å². The van der Waals surface area contributed by atoms with Gasteiger partial charge in [0.05, 0.1) is 12.6 Å². The first-order valence-electron chi connectivity index (χ1n) is 5.19. The summed E-state index contributed by atoms with van der Waals surface area (Å²) < 4.78 is 11.2. The molecule has 0 atom stereocenters. The summed E-state index contributed by atoms with van der Waals surface area (Å²) in [6, 6.07) is 2.01. The highest BCUT2D eigenvalue weighted by atomic mass is 16.5. The number of ether oxygens (including phenoxy) is 1. The molecule has 1 saturated carbocycles. The molecule has 78 valence electrons. The second-order valence-corrected chi connectivity index (χ2v) is 3.89. The summed E-state index contributed by atoms with van der Waals surface area (Å²) >= 11 is 0. The molecule has 0 aromatic carbocycles. The van der Waals surface area contributed by atoms with Crippen molar-refractivity contribution in [3.63, 3.8) is 0 Å². The summed E-state index contributed by atoms with van der Waals surface area (Å²) in [5, 5.41) is 0. The van der Waals surface area contributed by atoms with Crippen molar-refractivity contribution in [1.29, 1.82) is 0 Å². The first-order valence-corrected chi connectivity index (χ1v) is 5.19. The Kier molecular flexibility index (Phi) is 2.89. The van der Waals surface area contributed by atoms with E-state index in [4.69, 9.17) is 14.9 Å². The first kappa shape index (κ1) is 9.74. The minimum Gasteiger partial charge on any atom is -0.462 e. The molecule has 1 heterocycles. The number of hydrogen-bond donors (Lipinski definition) is 1. The molecule has 1 aromatic rings. The van der Waals surface area contributed by atoms with Gasteiger partial charge in [0.2, 0.25) is 0 Å². The van der Waals surface area contributed by atoms with Gasteiger partial charge >= 0.3 is 0 Å². The van der Waals surface area contributed by atoms with Gasteiger partial charge in [-0.05, 0) is 37.8 Å². The monoisotopic (exact) mass is 195 g/mol. The zero-order valence-corrected chi connectivity index (χ0v) is 8.58. The fourth-order valence-corrected chi connectivity index (χ4v) is 1.60. The third-order valence-corrected chi connectivity index (χ3v) is 2.77. The van der Waals surface area contributed by atoms with Gasteiger partial charge in [0.25, 0.3) is 0 Å². The van der Waals surface area contributed by atoms with E-state index in [9.17, 15) is 0 Å². The SMILES string of the molecule is Cc1cc(COC2CCC2)oc1CN. The van der Waals surface area contributed by atoms with Crippen LogP contribution in [0.3, 0.4) is 0 Å². The average molecular weight is 195 g/mol. The highest BCUT2D eigenvalue weighted by Crippen LogP contribution is 2.24. The van der Waals surface area contributed by atoms with Crippen LogP contribution in [0.25, 0.3) is 0 Å². The van der Waals surface area contributed by atoms with E-state index in [2.05, 4.69) is 0 Å². The van der Waals surface area contributed by atoms with Gasteiger partial charge in [0, 0.05) is 0 Å². The molecule has 0 aliphatic heterocycles. The van der Waals surface area contributed by atoms with Gasteiger partial charge in [-0.2, -0.15) is 0 Å². The Labute approximate surface area is 84.2 Å². The van der Waals surface area contributed by atoms with Crippen molar-refractivity contribution < 1.29 is 9.15 Å². The molecule has 2 rings (SSSR count). The van der Waals surface area contributed by atoms with Gasteiger partial charge in [-0.3, -0.25) is 0 Å². The molecule has 1 aliphatic carbocycles. The molecule has 3 heteroatoms. The van der Waals surface area contributed by atoms with Crippen LogP contribution in [0.15, 0.2) is 10.5 Å². The van der Waals surface area contributed by atoms with E-state index in [1.165, 1.54) is 19.3 Å². The number of hydrogen-bond acceptors (Lipinski definition) is 3. The minimum absolute atomic E-state index is 0.460. The molecule has 0 saturated heterocycles. The van der Waals surface area contributed by atoms with E-state index < -0.39 is 0 Å². The number of nitrogens with two attached hydrogens (primary N) is 1. The molecule has 14 heavy (non-hydrogen) atoms. The maximum atomic E-state index is 5.64. The van der Waals surface area contributed by atoms with E-state index in [0.29, 0.717) is 19.3 Å². The summed E-state index contributed by atoms with van der Waals surface area (Å²) in [7, 11) is 0.